The number of benzene rings is 1. The molecule has 3 N–H and O–H groups in total. The number of rotatable bonds is 5. The van der Waals surface area contributed by atoms with Crippen LogP contribution in [0.1, 0.15) is 36.2 Å². The molecule has 0 aliphatic rings. The summed E-state index contributed by atoms with van der Waals surface area (Å²) in [7, 11) is 0. The lowest BCUT2D eigenvalue weighted by molar-refractivity contribution is -0.142. The predicted octanol–water partition coefficient (Wildman–Crippen LogP) is 1.50. The standard InChI is InChI=1S/C13H16O6/c1-3-8(14)11-7(6-10(16)19-4-2)5-9(15)12(17)13(11)18/h5,15,17-18H,3-4,6H2,1-2H3. The molecule has 0 saturated heterocycles. The normalized spacial score (nSPS) is 10.2. The third-order valence-electron chi connectivity index (χ3n) is 2.58. The molecule has 0 bridgehead atoms. The van der Waals surface area contributed by atoms with Crippen LogP contribution in [-0.4, -0.2) is 33.7 Å². The number of ether oxygens (including phenoxy) is 1. The maximum Gasteiger partial charge on any atom is 0.310 e. The van der Waals surface area contributed by atoms with Crippen LogP contribution in [0.4, 0.5) is 0 Å². The van der Waals surface area contributed by atoms with Crippen LogP contribution in [0.2, 0.25) is 0 Å². The summed E-state index contributed by atoms with van der Waals surface area (Å²) in [4.78, 5) is 23.2. The Morgan fingerprint density at radius 1 is 1.16 bits per heavy atom. The summed E-state index contributed by atoms with van der Waals surface area (Å²) in [5.74, 6) is -3.11. The highest BCUT2D eigenvalue weighted by atomic mass is 16.5. The summed E-state index contributed by atoms with van der Waals surface area (Å²) in [5.41, 5.74) is -0.0380. The molecule has 0 aliphatic carbocycles. The predicted molar refractivity (Wildman–Crippen MR) is 66.4 cm³/mol. The van der Waals surface area contributed by atoms with Crippen molar-refractivity contribution < 1.29 is 29.6 Å². The molecular weight excluding hydrogens is 252 g/mol. The van der Waals surface area contributed by atoms with Crippen molar-refractivity contribution in [1.82, 2.24) is 0 Å². The van der Waals surface area contributed by atoms with E-state index in [4.69, 9.17) is 4.74 Å². The average Bonchev–Trinajstić information content (AvgIpc) is 2.36. The summed E-state index contributed by atoms with van der Waals surface area (Å²) in [6.07, 6.45) is -0.177. The van der Waals surface area contributed by atoms with Gasteiger partial charge in [0.05, 0.1) is 18.6 Å². The minimum Gasteiger partial charge on any atom is -0.504 e. The Hall–Kier alpha value is -2.24. The van der Waals surface area contributed by atoms with Crippen molar-refractivity contribution in [2.75, 3.05) is 6.61 Å². The molecule has 0 atom stereocenters. The number of carbonyl (C=O) groups is 2. The highest BCUT2D eigenvalue weighted by molar-refractivity contribution is 6.01. The third kappa shape index (κ3) is 3.15. The van der Waals surface area contributed by atoms with Crippen LogP contribution in [0, 0.1) is 0 Å². The van der Waals surface area contributed by atoms with Gasteiger partial charge >= 0.3 is 5.97 Å². The number of aromatic hydroxyl groups is 3. The molecule has 0 spiro atoms. The second-order valence-electron chi connectivity index (χ2n) is 3.89. The molecule has 104 valence electrons. The van der Waals surface area contributed by atoms with Gasteiger partial charge in [-0.3, -0.25) is 9.59 Å². The summed E-state index contributed by atoms with van der Waals surface area (Å²) in [6.45, 7) is 3.41. The first kappa shape index (κ1) is 14.8. The van der Waals surface area contributed by atoms with E-state index in [-0.39, 0.29) is 30.6 Å². The van der Waals surface area contributed by atoms with Crippen LogP contribution in [0.15, 0.2) is 6.07 Å². The van der Waals surface area contributed by atoms with Gasteiger partial charge in [0.15, 0.2) is 17.3 Å². The SMILES string of the molecule is CCOC(=O)Cc1cc(O)c(O)c(O)c1C(=O)CC. The van der Waals surface area contributed by atoms with E-state index in [9.17, 15) is 24.9 Å². The smallest absolute Gasteiger partial charge is 0.310 e. The molecule has 19 heavy (non-hydrogen) atoms. The van der Waals surface area contributed by atoms with E-state index in [1.165, 1.54) is 0 Å². The lowest BCUT2D eigenvalue weighted by Crippen LogP contribution is -2.11. The zero-order valence-corrected chi connectivity index (χ0v) is 10.8. The fraction of sp³-hybridized carbons (Fsp3) is 0.385. The Labute approximate surface area is 110 Å². The summed E-state index contributed by atoms with van der Waals surface area (Å²) in [5, 5.41) is 28.6. The second kappa shape index (κ2) is 6.08. The summed E-state index contributed by atoms with van der Waals surface area (Å²) in [6, 6.07) is 1.08. The zero-order valence-electron chi connectivity index (χ0n) is 10.8. The fourth-order valence-corrected chi connectivity index (χ4v) is 1.69. The van der Waals surface area contributed by atoms with Crippen molar-refractivity contribution in [3.8, 4) is 17.2 Å². The van der Waals surface area contributed by atoms with Gasteiger partial charge in [-0.25, -0.2) is 0 Å². The van der Waals surface area contributed by atoms with E-state index in [1.807, 2.05) is 0 Å². The largest absolute Gasteiger partial charge is 0.504 e. The Bertz CT molecular complexity index is 506. The first-order valence-corrected chi connectivity index (χ1v) is 5.87. The molecule has 0 unspecified atom stereocenters. The second-order valence-corrected chi connectivity index (χ2v) is 3.89. The lowest BCUT2D eigenvalue weighted by atomic mass is 9.97. The van der Waals surface area contributed by atoms with E-state index in [2.05, 4.69) is 0 Å². The Balaban J connectivity index is 3.28. The Kier molecular flexibility index (Phi) is 4.74. The monoisotopic (exact) mass is 268 g/mol. The molecule has 1 rings (SSSR count). The first-order chi connectivity index (χ1) is 8.92. The number of phenolic OH excluding ortho intramolecular Hbond substituents is 3. The first-order valence-electron chi connectivity index (χ1n) is 5.87. The van der Waals surface area contributed by atoms with Gasteiger partial charge in [-0.05, 0) is 18.6 Å². The number of carbonyl (C=O) groups excluding carboxylic acids is 2. The van der Waals surface area contributed by atoms with Crippen LogP contribution in [0.5, 0.6) is 17.2 Å². The van der Waals surface area contributed by atoms with Gasteiger partial charge in [-0.15, -0.1) is 0 Å². The minimum atomic E-state index is -0.774. The number of Topliss-reactive ketones (excluding diaryl/α,β-unsaturated/α-hetero) is 1. The number of esters is 1. The van der Waals surface area contributed by atoms with Gasteiger partial charge in [0, 0.05) is 6.42 Å². The van der Waals surface area contributed by atoms with Crippen molar-refractivity contribution in [2.24, 2.45) is 0 Å². The van der Waals surface area contributed by atoms with E-state index >= 15 is 0 Å². The number of phenols is 3. The van der Waals surface area contributed by atoms with E-state index in [0.29, 0.717) is 0 Å². The molecule has 0 radical (unpaired) electrons. The molecule has 0 fully saturated rings. The molecular formula is C13H16O6. The van der Waals surface area contributed by atoms with E-state index < -0.39 is 29.0 Å². The zero-order chi connectivity index (χ0) is 14.6. The molecule has 0 aromatic heterocycles. The van der Waals surface area contributed by atoms with Crippen LogP contribution in [0.3, 0.4) is 0 Å². The van der Waals surface area contributed by atoms with Crippen LogP contribution < -0.4 is 0 Å². The van der Waals surface area contributed by atoms with Gasteiger partial charge in [0.2, 0.25) is 5.75 Å². The molecule has 6 nitrogen and oxygen atoms in total. The van der Waals surface area contributed by atoms with Gasteiger partial charge < -0.3 is 20.1 Å². The average molecular weight is 268 g/mol. The van der Waals surface area contributed by atoms with Gasteiger partial charge in [-0.1, -0.05) is 6.92 Å². The minimum absolute atomic E-state index is 0.0909. The van der Waals surface area contributed by atoms with Gasteiger partial charge in [0.1, 0.15) is 0 Å². The number of hydrogen-bond acceptors (Lipinski definition) is 6. The van der Waals surface area contributed by atoms with E-state index in [0.717, 1.165) is 6.07 Å². The van der Waals surface area contributed by atoms with Gasteiger partial charge in [0.25, 0.3) is 0 Å². The quantitative estimate of drug-likeness (QED) is 0.424. The van der Waals surface area contributed by atoms with Crippen molar-refractivity contribution >= 4 is 11.8 Å². The van der Waals surface area contributed by atoms with Crippen LogP contribution in [-0.2, 0) is 16.0 Å². The van der Waals surface area contributed by atoms with Crippen LogP contribution in [0.25, 0.3) is 0 Å². The topological polar surface area (TPSA) is 104 Å². The summed E-state index contributed by atoms with van der Waals surface area (Å²) < 4.78 is 4.75. The van der Waals surface area contributed by atoms with Crippen molar-refractivity contribution in [2.45, 2.75) is 26.7 Å². The van der Waals surface area contributed by atoms with Crippen LogP contribution >= 0.6 is 0 Å². The molecule has 0 aliphatic heterocycles. The highest BCUT2D eigenvalue weighted by Crippen LogP contribution is 2.40. The van der Waals surface area contributed by atoms with Crippen molar-refractivity contribution in [3.63, 3.8) is 0 Å². The molecule has 0 heterocycles. The van der Waals surface area contributed by atoms with Crippen molar-refractivity contribution in [1.29, 1.82) is 0 Å². The number of ketones is 1. The molecule has 1 aromatic carbocycles. The van der Waals surface area contributed by atoms with E-state index in [1.54, 1.807) is 13.8 Å². The Morgan fingerprint density at radius 2 is 1.79 bits per heavy atom. The lowest BCUT2D eigenvalue weighted by Gasteiger charge is -2.12. The molecule has 6 heteroatoms. The summed E-state index contributed by atoms with van der Waals surface area (Å²) >= 11 is 0. The highest BCUT2D eigenvalue weighted by Gasteiger charge is 2.23. The maximum absolute atomic E-state index is 11.8. The number of hydrogen-bond donors (Lipinski definition) is 3. The fourth-order valence-electron chi connectivity index (χ4n) is 1.69. The maximum atomic E-state index is 11.8. The van der Waals surface area contributed by atoms with Gasteiger partial charge in [-0.2, -0.15) is 0 Å². The molecule has 1 aromatic rings. The molecule has 0 saturated carbocycles. The Morgan fingerprint density at radius 3 is 2.32 bits per heavy atom. The third-order valence-corrected chi connectivity index (χ3v) is 2.58. The molecule has 0 amide bonds. The van der Waals surface area contributed by atoms with Crippen molar-refractivity contribution in [3.05, 3.63) is 17.2 Å².